The molecule has 110 valence electrons. The first-order valence-corrected chi connectivity index (χ1v) is 8.36. The summed E-state index contributed by atoms with van der Waals surface area (Å²) >= 11 is 3.38. The fourth-order valence-corrected chi connectivity index (χ4v) is 2.69. The molecular formula is C14H13BrN2O3S. The van der Waals surface area contributed by atoms with Crippen molar-refractivity contribution in [3.05, 3.63) is 58.6 Å². The fourth-order valence-electron chi connectivity index (χ4n) is 1.75. The van der Waals surface area contributed by atoms with E-state index >= 15 is 0 Å². The maximum absolute atomic E-state index is 11.9. The number of primary sulfonamides is 1. The molecular weight excluding hydrogens is 356 g/mol. The number of halogens is 1. The number of amides is 1. The van der Waals surface area contributed by atoms with Crippen LogP contribution in [0.25, 0.3) is 0 Å². The predicted molar refractivity (Wildman–Crippen MR) is 84.3 cm³/mol. The smallest absolute Gasteiger partial charge is 0.238 e. The molecule has 2 aromatic rings. The van der Waals surface area contributed by atoms with Crippen LogP contribution in [0.5, 0.6) is 0 Å². The highest BCUT2D eigenvalue weighted by atomic mass is 79.9. The maximum atomic E-state index is 11.9. The van der Waals surface area contributed by atoms with E-state index in [0.29, 0.717) is 5.69 Å². The van der Waals surface area contributed by atoms with Gasteiger partial charge in [0.1, 0.15) is 0 Å². The van der Waals surface area contributed by atoms with E-state index < -0.39 is 10.0 Å². The number of carbonyl (C=O) groups is 1. The van der Waals surface area contributed by atoms with Crippen molar-refractivity contribution >= 4 is 37.5 Å². The lowest BCUT2D eigenvalue weighted by atomic mass is 10.1. The van der Waals surface area contributed by atoms with Crippen molar-refractivity contribution < 1.29 is 13.2 Å². The maximum Gasteiger partial charge on any atom is 0.238 e. The summed E-state index contributed by atoms with van der Waals surface area (Å²) < 4.78 is 23.1. The summed E-state index contributed by atoms with van der Waals surface area (Å²) in [5.41, 5.74) is 1.38. The summed E-state index contributed by atoms with van der Waals surface area (Å²) in [6, 6.07) is 13.1. The molecule has 2 aromatic carbocycles. The number of benzene rings is 2. The predicted octanol–water partition coefficient (Wildman–Crippen LogP) is 2.28. The standard InChI is InChI=1S/C14H13BrN2O3S/c15-13-4-2-1-3-10(13)9-14(18)17-11-5-7-12(8-6-11)21(16,19)20/h1-8H,9H2,(H,17,18)(H2,16,19,20). The number of nitrogens with one attached hydrogen (secondary N) is 1. The Morgan fingerprint density at radius 1 is 1.10 bits per heavy atom. The van der Waals surface area contributed by atoms with Crippen LogP contribution in [0.15, 0.2) is 57.9 Å². The molecule has 0 spiro atoms. The average Bonchev–Trinajstić information content (AvgIpc) is 2.41. The lowest BCUT2D eigenvalue weighted by molar-refractivity contribution is -0.115. The normalized spacial score (nSPS) is 11.1. The van der Waals surface area contributed by atoms with Crippen LogP contribution in [-0.2, 0) is 21.2 Å². The number of rotatable bonds is 4. The third kappa shape index (κ3) is 4.38. The molecule has 0 fully saturated rings. The van der Waals surface area contributed by atoms with Crippen LogP contribution in [0, 0.1) is 0 Å². The molecule has 0 atom stereocenters. The van der Waals surface area contributed by atoms with Crippen LogP contribution < -0.4 is 10.5 Å². The van der Waals surface area contributed by atoms with Gasteiger partial charge in [-0.15, -0.1) is 0 Å². The quantitative estimate of drug-likeness (QED) is 0.867. The molecule has 5 nitrogen and oxygen atoms in total. The molecule has 21 heavy (non-hydrogen) atoms. The highest BCUT2D eigenvalue weighted by molar-refractivity contribution is 9.10. The number of nitrogens with two attached hydrogens (primary N) is 1. The van der Waals surface area contributed by atoms with Gasteiger partial charge in [0.05, 0.1) is 11.3 Å². The summed E-state index contributed by atoms with van der Waals surface area (Å²) in [6.45, 7) is 0. The van der Waals surface area contributed by atoms with Crippen molar-refractivity contribution in [3.63, 3.8) is 0 Å². The highest BCUT2D eigenvalue weighted by Gasteiger charge is 2.09. The van der Waals surface area contributed by atoms with Gasteiger partial charge in [0.2, 0.25) is 15.9 Å². The van der Waals surface area contributed by atoms with Gasteiger partial charge in [-0.05, 0) is 35.9 Å². The van der Waals surface area contributed by atoms with Gasteiger partial charge in [-0.25, -0.2) is 13.6 Å². The first-order chi connectivity index (χ1) is 9.86. The first kappa shape index (κ1) is 15.7. The van der Waals surface area contributed by atoms with Crippen LogP contribution >= 0.6 is 15.9 Å². The van der Waals surface area contributed by atoms with Gasteiger partial charge in [0.25, 0.3) is 0 Å². The Kier molecular flexibility index (Phi) is 4.76. The molecule has 0 bridgehead atoms. The van der Waals surface area contributed by atoms with Gasteiger partial charge in [-0.3, -0.25) is 4.79 Å². The molecule has 0 unspecified atom stereocenters. The second kappa shape index (κ2) is 6.38. The van der Waals surface area contributed by atoms with Crippen molar-refractivity contribution in [1.29, 1.82) is 0 Å². The van der Waals surface area contributed by atoms with E-state index in [-0.39, 0.29) is 17.2 Å². The van der Waals surface area contributed by atoms with E-state index in [1.165, 1.54) is 24.3 Å². The third-order valence-electron chi connectivity index (χ3n) is 2.78. The second-order valence-corrected chi connectivity index (χ2v) is 6.80. The third-order valence-corrected chi connectivity index (χ3v) is 4.48. The van der Waals surface area contributed by atoms with E-state index in [1.807, 2.05) is 24.3 Å². The summed E-state index contributed by atoms with van der Waals surface area (Å²) in [5, 5.41) is 7.71. The molecule has 0 radical (unpaired) electrons. The molecule has 0 aliphatic rings. The topological polar surface area (TPSA) is 89.3 Å². The fraction of sp³-hybridized carbons (Fsp3) is 0.0714. The average molecular weight is 369 g/mol. The second-order valence-electron chi connectivity index (χ2n) is 4.39. The molecule has 3 N–H and O–H groups in total. The van der Waals surface area contributed by atoms with Crippen molar-refractivity contribution in [2.45, 2.75) is 11.3 Å². The minimum absolute atomic E-state index is 0.00584. The van der Waals surface area contributed by atoms with E-state index in [1.54, 1.807) is 0 Å². The van der Waals surface area contributed by atoms with Crippen molar-refractivity contribution in [3.8, 4) is 0 Å². The summed E-state index contributed by atoms with van der Waals surface area (Å²) in [6.07, 6.45) is 0.221. The number of carbonyl (C=O) groups excluding carboxylic acids is 1. The van der Waals surface area contributed by atoms with Crippen molar-refractivity contribution in [1.82, 2.24) is 0 Å². The van der Waals surface area contributed by atoms with Crippen LogP contribution in [0.1, 0.15) is 5.56 Å². The lowest BCUT2D eigenvalue weighted by Crippen LogP contribution is -2.15. The zero-order chi connectivity index (χ0) is 15.5. The summed E-state index contributed by atoms with van der Waals surface area (Å²) in [5.74, 6) is -0.190. The molecule has 0 aliphatic heterocycles. The molecule has 7 heteroatoms. The first-order valence-electron chi connectivity index (χ1n) is 6.02. The Morgan fingerprint density at radius 2 is 1.71 bits per heavy atom. The van der Waals surface area contributed by atoms with Crippen molar-refractivity contribution in [2.24, 2.45) is 5.14 Å². The molecule has 1 amide bonds. The summed E-state index contributed by atoms with van der Waals surface area (Å²) in [7, 11) is -3.72. The number of sulfonamides is 1. The molecule has 2 rings (SSSR count). The Hall–Kier alpha value is -1.70. The number of anilines is 1. The number of hydrogen-bond donors (Lipinski definition) is 2. The Labute approximate surface area is 131 Å². The molecule has 0 saturated carbocycles. The van der Waals surface area contributed by atoms with Gasteiger partial charge in [0, 0.05) is 10.2 Å². The van der Waals surface area contributed by atoms with E-state index in [4.69, 9.17) is 5.14 Å². The monoisotopic (exact) mass is 368 g/mol. The zero-order valence-corrected chi connectivity index (χ0v) is 13.3. The van der Waals surface area contributed by atoms with E-state index in [2.05, 4.69) is 21.2 Å². The molecule has 0 saturated heterocycles. The van der Waals surface area contributed by atoms with Crippen LogP contribution in [-0.4, -0.2) is 14.3 Å². The van der Waals surface area contributed by atoms with E-state index in [9.17, 15) is 13.2 Å². The Morgan fingerprint density at radius 3 is 2.29 bits per heavy atom. The van der Waals surface area contributed by atoms with Gasteiger partial charge in [-0.1, -0.05) is 34.1 Å². The van der Waals surface area contributed by atoms with Crippen molar-refractivity contribution in [2.75, 3.05) is 5.32 Å². The Balaban J connectivity index is 2.05. The van der Waals surface area contributed by atoms with Gasteiger partial charge in [-0.2, -0.15) is 0 Å². The van der Waals surface area contributed by atoms with E-state index in [0.717, 1.165) is 10.0 Å². The number of hydrogen-bond acceptors (Lipinski definition) is 3. The van der Waals surface area contributed by atoms with Crippen LogP contribution in [0.2, 0.25) is 0 Å². The summed E-state index contributed by atoms with van der Waals surface area (Å²) in [4.78, 5) is 11.9. The van der Waals surface area contributed by atoms with Gasteiger partial charge in [0.15, 0.2) is 0 Å². The lowest BCUT2D eigenvalue weighted by Gasteiger charge is -2.07. The SMILES string of the molecule is NS(=O)(=O)c1ccc(NC(=O)Cc2ccccc2Br)cc1. The van der Waals surface area contributed by atoms with Crippen LogP contribution in [0.3, 0.4) is 0 Å². The zero-order valence-electron chi connectivity index (χ0n) is 10.9. The minimum atomic E-state index is -3.72. The minimum Gasteiger partial charge on any atom is -0.326 e. The molecule has 0 aliphatic carbocycles. The van der Waals surface area contributed by atoms with Gasteiger partial charge < -0.3 is 5.32 Å². The Bertz CT molecular complexity index is 758. The molecule has 0 aromatic heterocycles. The molecule has 0 heterocycles. The highest BCUT2D eigenvalue weighted by Crippen LogP contribution is 2.17. The largest absolute Gasteiger partial charge is 0.326 e. The van der Waals surface area contributed by atoms with Gasteiger partial charge >= 0.3 is 0 Å². The van der Waals surface area contributed by atoms with Crippen LogP contribution in [0.4, 0.5) is 5.69 Å².